The van der Waals surface area contributed by atoms with Crippen LogP contribution in [0, 0.1) is 12.7 Å². The number of carbonyl (C=O) groups excluding carboxylic acids is 3. The molecule has 1 N–H and O–H groups in total. The van der Waals surface area contributed by atoms with Gasteiger partial charge in [-0.25, -0.2) is 19.0 Å². The molecule has 2 saturated heterocycles. The Hall–Kier alpha value is -4.62. The number of hydrogen-bond acceptors (Lipinski definition) is 10. The number of aromatic nitrogens is 1. The molecule has 0 saturated carbocycles. The van der Waals surface area contributed by atoms with Crippen LogP contribution >= 0.6 is 11.3 Å². The molecule has 13 heteroatoms. The quantitative estimate of drug-likeness (QED) is 0.273. The fraction of sp³-hybridized carbons (Fsp3) is 0.364. The molecule has 240 valence electrons. The third-order valence-corrected chi connectivity index (χ3v) is 9.59. The Morgan fingerprint density at radius 3 is 2.65 bits per heavy atom. The van der Waals surface area contributed by atoms with Crippen LogP contribution in [0.1, 0.15) is 41.6 Å². The first-order valence-corrected chi connectivity index (χ1v) is 15.8. The van der Waals surface area contributed by atoms with E-state index in [0.29, 0.717) is 72.4 Å². The summed E-state index contributed by atoms with van der Waals surface area (Å²) in [6, 6.07) is 11.3. The molecule has 0 radical (unpaired) electrons. The summed E-state index contributed by atoms with van der Waals surface area (Å²) in [4.78, 5) is 52.8. The summed E-state index contributed by atoms with van der Waals surface area (Å²) in [5.74, 6) is -0.437. The smallest absolute Gasteiger partial charge is 0.338 e. The number of ether oxygens (including phenoxy) is 2. The number of anilines is 1. The Labute approximate surface area is 270 Å². The molecule has 2 amide bonds. The first-order valence-electron chi connectivity index (χ1n) is 14.9. The molecule has 2 aromatic carbocycles. The molecule has 0 aliphatic carbocycles. The molecular weight excluding hydrogens is 611 g/mol. The Kier molecular flexibility index (Phi) is 8.62. The monoisotopic (exact) mass is 646 g/mol. The summed E-state index contributed by atoms with van der Waals surface area (Å²) in [7, 11) is 1.32. The third kappa shape index (κ3) is 5.87. The standard InChI is InChI=1S/C33H35FN6O5S/c1-20-24(6-5-7-25(20)34)28-27(31(42)44-4)26(36-29(37-28)30-35-12-15-46-30)18-38-13-14-39-23(16-38)17-40(32(39)43)22-10-8-21(9-11-22)33(2,3)45-19-41/h5-12,15,19,23,28H,13-14,16-18H2,1-4H3,(H,36,37)/t23-,28-/m0/s1. The number of amides is 2. The Balaban J connectivity index is 1.26. The lowest BCUT2D eigenvalue weighted by molar-refractivity contribution is -0.141. The minimum atomic E-state index is -0.798. The minimum absolute atomic E-state index is 0.0640. The predicted molar refractivity (Wildman–Crippen MR) is 171 cm³/mol. The number of nitrogens with one attached hydrogen (secondary N) is 1. The molecule has 3 aromatic rings. The zero-order valence-corrected chi connectivity index (χ0v) is 26.8. The van der Waals surface area contributed by atoms with Gasteiger partial charge in [0.2, 0.25) is 0 Å². The third-order valence-electron chi connectivity index (χ3n) is 8.81. The number of carbonyl (C=O) groups is 3. The van der Waals surface area contributed by atoms with Crippen molar-refractivity contribution in [3.8, 4) is 0 Å². The van der Waals surface area contributed by atoms with Crippen molar-refractivity contribution in [2.75, 3.05) is 44.7 Å². The highest BCUT2D eigenvalue weighted by atomic mass is 32.1. The fourth-order valence-corrected chi connectivity index (χ4v) is 6.84. The Morgan fingerprint density at radius 1 is 1.17 bits per heavy atom. The van der Waals surface area contributed by atoms with Gasteiger partial charge in [-0.15, -0.1) is 11.3 Å². The van der Waals surface area contributed by atoms with E-state index < -0.39 is 17.6 Å². The van der Waals surface area contributed by atoms with Crippen LogP contribution in [-0.2, 0) is 24.7 Å². The molecule has 0 unspecified atom stereocenters. The lowest BCUT2D eigenvalue weighted by Gasteiger charge is -2.38. The van der Waals surface area contributed by atoms with Crippen molar-refractivity contribution in [1.82, 2.24) is 20.1 Å². The molecule has 4 heterocycles. The zero-order chi connectivity index (χ0) is 32.6. The van der Waals surface area contributed by atoms with Gasteiger partial charge in [0, 0.05) is 55.7 Å². The molecular formula is C33H35FN6O5S. The van der Waals surface area contributed by atoms with Crippen LogP contribution < -0.4 is 10.2 Å². The molecule has 2 atom stereocenters. The van der Waals surface area contributed by atoms with Gasteiger partial charge in [0.05, 0.1) is 18.7 Å². The lowest BCUT2D eigenvalue weighted by Crippen LogP contribution is -2.53. The van der Waals surface area contributed by atoms with Crippen LogP contribution in [0.15, 0.2) is 70.3 Å². The van der Waals surface area contributed by atoms with Crippen molar-refractivity contribution in [2.45, 2.75) is 38.5 Å². The van der Waals surface area contributed by atoms with E-state index in [0.717, 1.165) is 11.3 Å². The van der Waals surface area contributed by atoms with E-state index in [1.165, 1.54) is 24.5 Å². The number of fused-ring (bicyclic) bond motifs is 1. The SMILES string of the molecule is COC(=O)C1=C(CN2CCN3C(=O)N(c4ccc(C(C)(C)OC=O)cc4)C[C@@H]3C2)NC(c2nccs2)=N[C@H]1c1cccc(F)c1C. The van der Waals surface area contributed by atoms with Crippen molar-refractivity contribution < 1.29 is 28.2 Å². The van der Waals surface area contributed by atoms with Crippen molar-refractivity contribution in [2.24, 2.45) is 4.99 Å². The van der Waals surface area contributed by atoms with Gasteiger partial charge in [-0.3, -0.25) is 19.6 Å². The highest BCUT2D eigenvalue weighted by molar-refractivity contribution is 7.11. The van der Waals surface area contributed by atoms with Gasteiger partial charge >= 0.3 is 12.0 Å². The second kappa shape index (κ2) is 12.6. The predicted octanol–water partition coefficient (Wildman–Crippen LogP) is 4.14. The van der Waals surface area contributed by atoms with Crippen LogP contribution in [-0.4, -0.2) is 85.0 Å². The average Bonchev–Trinajstić information content (AvgIpc) is 3.70. The summed E-state index contributed by atoms with van der Waals surface area (Å²) in [5, 5.41) is 5.84. The summed E-state index contributed by atoms with van der Waals surface area (Å²) in [6.07, 6.45) is 1.68. The van der Waals surface area contributed by atoms with E-state index >= 15 is 0 Å². The molecule has 0 spiro atoms. The second-order valence-electron chi connectivity index (χ2n) is 11.9. The maximum absolute atomic E-state index is 14.7. The Morgan fingerprint density at radius 2 is 1.96 bits per heavy atom. The molecule has 0 bridgehead atoms. The highest BCUT2D eigenvalue weighted by Gasteiger charge is 2.42. The number of piperazine rings is 1. The van der Waals surface area contributed by atoms with Crippen LogP contribution in [0.3, 0.4) is 0 Å². The van der Waals surface area contributed by atoms with E-state index in [4.69, 9.17) is 14.5 Å². The van der Waals surface area contributed by atoms with E-state index in [1.54, 1.807) is 30.2 Å². The molecule has 3 aliphatic rings. The van der Waals surface area contributed by atoms with Crippen molar-refractivity contribution in [1.29, 1.82) is 0 Å². The fourth-order valence-electron chi connectivity index (χ4n) is 6.25. The number of nitrogens with zero attached hydrogens (tertiary/aromatic N) is 5. The van der Waals surface area contributed by atoms with E-state index in [-0.39, 0.29) is 17.9 Å². The van der Waals surface area contributed by atoms with Crippen molar-refractivity contribution in [3.63, 3.8) is 0 Å². The molecule has 3 aliphatic heterocycles. The maximum atomic E-state index is 14.7. The number of benzene rings is 2. The van der Waals surface area contributed by atoms with Gasteiger partial charge in [0.1, 0.15) is 17.5 Å². The molecule has 2 fully saturated rings. The molecule has 11 nitrogen and oxygen atoms in total. The van der Waals surface area contributed by atoms with Crippen LogP contribution in [0.5, 0.6) is 0 Å². The summed E-state index contributed by atoms with van der Waals surface area (Å²) in [6.45, 7) is 8.25. The maximum Gasteiger partial charge on any atom is 0.338 e. The first-order chi connectivity index (χ1) is 22.1. The highest BCUT2D eigenvalue weighted by Crippen LogP contribution is 2.36. The number of amidine groups is 1. The van der Waals surface area contributed by atoms with Crippen LogP contribution in [0.4, 0.5) is 14.9 Å². The summed E-state index contributed by atoms with van der Waals surface area (Å²) < 4.78 is 25.2. The lowest BCUT2D eigenvalue weighted by atomic mass is 9.92. The molecule has 1 aromatic heterocycles. The largest absolute Gasteiger partial charge is 0.466 e. The number of methoxy groups -OCH3 is 1. The topological polar surface area (TPSA) is 117 Å². The first kappa shape index (κ1) is 31.4. The number of esters is 1. The number of aliphatic imine (C=N–C) groups is 1. The molecule has 46 heavy (non-hydrogen) atoms. The zero-order valence-electron chi connectivity index (χ0n) is 26.0. The second-order valence-corrected chi connectivity index (χ2v) is 12.8. The normalized spacial score (nSPS) is 20.3. The van der Waals surface area contributed by atoms with Crippen LogP contribution in [0.25, 0.3) is 0 Å². The molecule has 6 rings (SSSR count). The average molecular weight is 647 g/mol. The van der Waals surface area contributed by atoms with Crippen molar-refractivity contribution >= 4 is 41.3 Å². The van der Waals surface area contributed by atoms with E-state index in [1.807, 2.05) is 48.4 Å². The van der Waals surface area contributed by atoms with Crippen molar-refractivity contribution in [3.05, 3.63) is 92.8 Å². The van der Waals surface area contributed by atoms with Gasteiger partial charge in [-0.2, -0.15) is 0 Å². The summed E-state index contributed by atoms with van der Waals surface area (Å²) >= 11 is 1.41. The van der Waals surface area contributed by atoms with Gasteiger partial charge in [0.25, 0.3) is 6.47 Å². The Bertz CT molecular complexity index is 1710. The number of hydrogen-bond donors (Lipinski definition) is 1. The number of halogens is 1. The van der Waals surface area contributed by atoms with Gasteiger partial charge in [-0.05, 0) is 55.7 Å². The van der Waals surface area contributed by atoms with Gasteiger partial charge < -0.3 is 19.7 Å². The van der Waals surface area contributed by atoms with E-state index in [9.17, 15) is 18.8 Å². The van der Waals surface area contributed by atoms with Gasteiger partial charge in [-0.1, -0.05) is 24.3 Å². The van der Waals surface area contributed by atoms with Gasteiger partial charge in [0.15, 0.2) is 10.8 Å². The van der Waals surface area contributed by atoms with Crippen LogP contribution in [0.2, 0.25) is 0 Å². The number of urea groups is 1. The summed E-state index contributed by atoms with van der Waals surface area (Å²) in [5.41, 5.74) is 2.69. The number of thiazole rings is 1. The minimum Gasteiger partial charge on any atom is -0.466 e. The van der Waals surface area contributed by atoms with E-state index in [2.05, 4.69) is 15.2 Å². The number of rotatable bonds is 9.